The molecule has 0 saturated heterocycles. The molecule has 1 aromatic rings. The smallest absolute Gasteiger partial charge is 0.408 e. The third kappa shape index (κ3) is 4.61. The molecule has 1 amide bonds. The number of hydrogen-bond donors (Lipinski definition) is 1. The minimum Gasteiger partial charge on any atom is -0.444 e. The second kappa shape index (κ2) is 6.31. The van der Waals surface area contributed by atoms with E-state index in [1.54, 1.807) is 45.9 Å². The Bertz CT molecular complexity index is 598. The summed E-state index contributed by atoms with van der Waals surface area (Å²) in [7, 11) is 0. The van der Waals surface area contributed by atoms with Crippen LogP contribution < -0.4 is 5.32 Å². The van der Waals surface area contributed by atoms with Crippen molar-refractivity contribution in [1.82, 2.24) is 5.32 Å². The van der Waals surface area contributed by atoms with Crippen LogP contribution in [0.4, 0.5) is 4.79 Å². The molecule has 0 aliphatic carbocycles. The van der Waals surface area contributed by atoms with Gasteiger partial charge in [-0.25, -0.2) is 4.79 Å². The highest BCUT2D eigenvalue weighted by Gasteiger charge is 2.37. The van der Waals surface area contributed by atoms with Crippen molar-refractivity contribution in [2.75, 3.05) is 0 Å². The number of benzene rings is 1. The van der Waals surface area contributed by atoms with E-state index in [-0.39, 0.29) is 0 Å². The Morgan fingerprint density at radius 2 is 1.90 bits per heavy atom. The molecule has 112 valence electrons. The highest BCUT2D eigenvalue weighted by Crippen LogP contribution is 2.25. The van der Waals surface area contributed by atoms with Crippen LogP contribution in [0.25, 0.3) is 0 Å². The number of nitrogens with one attached hydrogen (secondary N) is 1. The lowest BCUT2D eigenvalue weighted by Gasteiger charge is -2.29. The lowest BCUT2D eigenvalue weighted by Crippen LogP contribution is -2.50. The number of halogens is 1. The summed E-state index contributed by atoms with van der Waals surface area (Å²) < 4.78 is 5.98. The standard InChI is InChI=1S/C16H18BrNO3/c1-6-13(19)16(5,11-8-7-9-12(17)10-11)18-14(20)21-15(2,3)4/h1,7-10H,2-5H3,(H,18,20). The van der Waals surface area contributed by atoms with Gasteiger partial charge in [0.05, 0.1) is 0 Å². The maximum atomic E-state index is 12.1. The number of ketones is 1. The monoisotopic (exact) mass is 351 g/mol. The molecule has 4 nitrogen and oxygen atoms in total. The van der Waals surface area contributed by atoms with E-state index in [4.69, 9.17) is 11.2 Å². The van der Waals surface area contributed by atoms with E-state index in [9.17, 15) is 9.59 Å². The quantitative estimate of drug-likeness (QED) is 0.670. The van der Waals surface area contributed by atoms with Crippen molar-refractivity contribution in [2.24, 2.45) is 0 Å². The van der Waals surface area contributed by atoms with Crippen LogP contribution in [-0.2, 0) is 15.1 Å². The lowest BCUT2D eigenvalue weighted by molar-refractivity contribution is -0.119. The van der Waals surface area contributed by atoms with Gasteiger partial charge in [-0.3, -0.25) is 4.79 Å². The Morgan fingerprint density at radius 1 is 1.29 bits per heavy atom. The summed E-state index contributed by atoms with van der Waals surface area (Å²) in [6.45, 7) is 6.78. The SMILES string of the molecule is C#CC(=O)C(C)(NC(=O)OC(C)(C)C)c1cccc(Br)c1. The van der Waals surface area contributed by atoms with Crippen LogP contribution in [-0.4, -0.2) is 17.5 Å². The van der Waals surface area contributed by atoms with Crippen molar-refractivity contribution in [3.05, 3.63) is 34.3 Å². The van der Waals surface area contributed by atoms with Gasteiger partial charge in [0.25, 0.3) is 0 Å². The zero-order valence-electron chi connectivity index (χ0n) is 12.5. The number of amides is 1. The van der Waals surface area contributed by atoms with E-state index >= 15 is 0 Å². The molecule has 0 aliphatic heterocycles. The number of carbonyl (C=O) groups excluding carboxylic acids is 2. The second-order valence-electron chi connectivity index (χ2n) is 5.74. The van der Waals surface area contributed by atoms with Gasteiger partial charge in [0.15, 0.2) is 0 Å². The first-order chi connectivity index (χ1) is 9.58. The normalized spacial score (nSPS) is 13.7. The summed E-state index contributed by atoms with van der Waals surface area (Å²) in [6.07, 6.45) is 4.53. The topological polar surface area (TPSA) is 55.4 Å². The van der Waals surface area contributed by atoms with Crippen LogP contribution in [0, 0.1) is 12.3 Å². The van der Waals surface area contributed by atoms with Gasteiger partial charge in [-0.2, -0.15) is 0 Å². The molecule has 0 radical (unpaired) electrons. The Kier molecular flexibility index (Phi) is 5.19. The number of terminal acetylenes is 1. The molecule has 21 heavy (non-hydrogen) atoms. The molecule has 0 aromatic heterocycles. The first kappa shape index (κ1) is 17.3. The molecule has 0 heterocycles. The summed E-state index contributed by atoms with van der Waals surface area (Å²) >= 11 is 3.33. The van der Waals surface area contributed by atoms with Crippen molar-refractivity contribution >= 4 is 27.8 Å². The summed E-state index contributed by atoms with van der Waals surface area (Å²) in [5, 5.41) is 2.57. The first-order valence-corrected chi connectivity index (χ1v) is 7.16. The number of carbonyl (C=O) groups is 2. The minimum absolute atomic E-state index is 0.550. The molecule has 0 aliphatic rings. The largest absolute Gasteiger partial charge is 0.444 e. The molecule has 5 heteroatoms. The fourth-order valence-electron chi connectivity index (χ4n) is 1.71. The van der Waals surface area contributed by atoms with Gasteiger partial charge in [-0.15, -0.1) is 6.42 Å². The van der Waals surface area contributed by atoms with E-state index in [0.717, 1.165) is 4.47 Å². The molecule has 1 N–H and O–H groups in total. The van der Waals surface area contributed by atoms with Gasteiger partial charge in [0.2, 0.25) is 5.78 Å². The van der Waals surface area contributed by atoms with E-state index in [1.807, 2.05) is 6.07 Å². The number of hydrogen-bond acceptors (Lipinski definition) is 3. The van der Waals surface area contributed by atoms with Crippen molar-refractivity contribution in [1.29, 1.82) is 0 Å². The second-order valence-corrected chi connectivity index (χ2v) is 6.65. The van der Waals surface area contributed by atoms with Crippen LogP contribution in [0.15, 0.2) is 28.7 Å². The van der Waals surface area contributed by atoms with E-state index in [1.165, 1.54) is 0 Å². The maximum Gasteiger partial charge on any atom is 0.408 e. The fourth-order valence-corrected chi connectivity index (χ4v) is 2.11. The average Bonchev–Trinajstić information content (AvgIpc) is 2.35. The summed E-state index contributed by atoms with van der Waals surface area (Å²) in [5.74, 6) is 1.52. The highest BCUT2D eigenvalue weighted by atomic mass is 79.9. The van der Waals surface area contributed by atoms with Gasteiger partial charge >= 0.3 is 6.09 Å². The number of Topliss-reactive ketones (excluding diaryl/α,β-unsaturated/α-hetero) is 1. The number of alkyl carbamates (subject to hydrolysis) is 1. The lowest BCUT2D eigenvalue weighted by atomic mass is 9.88. The summed E-state index contributed by atoms with van der Waals surface area (Å²) in [6, 6.07) is 7.03. The number of ether oxygens (including phenoxy) is 1. The van der Waals surface area contributed by atoms with Gasteiger partial charge in [0.1, 0.15) is 11.1 Å². The Hall–Kier alpha value is -1.80. The Labute approximate surface area is 133 Å². The molecule has 0 spiro atoms. The van der Waals surface area contributed by atoms with Gasteiger partial charge in [-0.05, 0) is 51.3 Å². The van der Waals surface area contributed by atoms with Crippen molar-refractivity contribution in [3.63, 3.8) is 0 Å². The molecular weight excluding hydrogens is 334 g/mol. The van der Waals surface area contributed by atoms with Crippen molar-refractivity contribution in [2.45, 2.75) is 38.8 Å². The molecule has 1 unspecified atom stereocenters. The van der Waals surface area contributed by atoms with Crippen LogP contribution in [0.5, 0.6) is 0 Å². The summed E-state index contributed by atoms with van der Waals surface area (Å²) in [4.78, 5) is 24.1. The fraction of sp³-hybridized carbons (Fsp3) is 0.375. The van der Waals surface area contributed by atoms with Gasteiger partial charge in [-0.1, -0.05) is 28.1 Å². The molecule has 0 bridgehead atoms. The molecule has 0 fully saturated rings. The third-order valence-electron chi connectivity index (χ3n) is 2.74. The Balaban J connectivity index is 3.15. The third-order valence-corrected chi connectivity index (χ3v) is 3.23. The number of rotatable bonds is 3. The first-order valence-electron chi connectivity index (χ1n) is 6.37. The zero-order valence-corrected chi connectivity index (χ0v) is 14.1. The zero-order chi connectivity index (χ0) is 16.3. The molecule has 1 rings (SSSR count). The van der Waals surface area contributed by atoms with E-state index < -0.39 is 23.0 Å². The van der Waals surface area contributed by atoms with Gasteiger partial charge in [0, 0.05) is 4.47 Å². The van der Waals surface area contributed by atoms with Crippen molar-refractivity contribution < 1.29 is 14.3 Å². The van der Waals surface area contributed by atoms with Crippen LogP contribution in [0.1, 0.15) is 33.3 Å². The average molecular weight is 352 g/mol. The van der Waals surface area contributed by atoms with Crippen LogP contribution in [0.3, 0.4) is 0 Å². The molecular formula is C16H18BrNO3. The molecule has 0 saturated carbocycles. The van der Waals surface area contributed by atoms with E-state index in [2.05, 4.69) is 27.2 Å². The highest BCUT2D eigenvalue weighted by molar-refractivity contribution is 9.10. The molecule has 1 aromatic carbocycles. The van der Waals surface area contributed by atoms with Crippen LogP contribution in [0.2, 0.25) is 0 Å². The van der Waals surface area contributed by atoms with E-state index in [0.29, 0.717) is 5.56 Å². The van der Waals surface area contributed by atoms with Gasteiger partial charge < -0.3 is 10.1 Å². The van der Waals surface area contributed by atoms with Crippen molar-refractivity contribution in [3.8, 4) is 12.3 Å². The maximum absolute atomic E-state index is 12.1. The predicted octanol–water partition coefficient (Wildman–Crippen LogP) is 3.39. The predicted molar refractivity (Wildman–Crippen MR) is 84.7 cm³/mol. The minimum atomic E-state index is -1.35. The molecule has 1 atom stereocenters. The Morgan fingerprint density at radius 3 is 2.38 bits per heavy atom. The van der Waals surface area contributed by atoms with Crippen LogP contribution >= 0.6 is 15.9 Å². The summed E-state index contributed by atoms with van der Waals surface area (Å²) in [5.41, 5.74) is -1.44.